The van der Waals surface area contributed by atoms with Crippen molar-refractivity contribution in [2.24, 2.45) is 0 Å². The normalized spacial score (nSPS) is 12.4. The van der Waals surface area contributed by atoms with Gasteiger partial charge in [-0.15, -0.1) is 0 Å². The van der Waals surface area contributed by atoms with E-state index < -0.39 is 0 Å². The molecule has 27 heavy (non-hydrogen) atoms. The summed E-state index contributed by atoms with van der Waals surface area (Å²) in [6.45, 7) is 6.62. The SMILES string of the molecule is CN(C(=N)Nc1ccc2cccc3c2c1C=C3)c1ccc(C(C)(C)C)cc1. The zero-order valence-corrected chi connectivity index (χ0v) is 16.3. The van der Waals surface area contributed by atoms with Gasteiger partial charge < -0.3 is 10.2 Å². The van der Waals surface area contributed by atoms with Gasteiger partial charge in [0.05, 0.1) is 0 Å². The first-order valence-corrected chi connectivity index (χ1v) is 9.28. The lowest BCUT2D eigenvalue weighted by Crippen LogP contribution is -2.32. The second-order valence-corrected chi connectivity index (χ2v) is 8.13. The van der Waals surface area contributed by atoms with Crippen molar-refractivity contribution in [2.75, 3.05) is 17.3 Å². The summed E-state index contributed by atoms with van der Waals surface area (Å²) >= 11 is 0. The highest BCUT2D eigenvalue weighted by atomic mass is 15.3. The summed E-state index contributed by atoms with van der Waals surface area (Å²) in [4.78, 5) is 1.87. The number of rotatable bonds is 2. The van der Waals surface area contributed by atoms with Crippen LogP contribution < -0.4 is 10.2 Å². The molecule has 0 amide bonds. The fourth-order valence-electron chi connectivity index (χ4n) is 3.56. The zero-order valence-electron chi connectivity index (χ0n) is 16.3. The maximum Gasteiger partial charge on any atom is 0.199 e. The number of anilines is 2. The third-order valence-electron chi connectivity index (χ3n) is 5.26. The summed E-state index contributed by atoms with van der Waals surface area (Å²) in [6, 6.07) is 19.0. The van der Waals surface area contributed by atoms with Gasteiger partial charge in [-0.25, -0.2) is 0 Å². The molecule has 0 saturated carbocycles. The van der Waals surface area contributed by atoms with Gasteiger partial charge in [0.15, 0.2) is 5.96 Å². The van der Waals surface area contributed by atoms with Crippen molar-refractivity contribution in [3.05, 3.63) is 71.3 Å². The van der Waals surface area contributed by atoms with Gasteiger partial charge in [-0.05, 0) is 45.5 Å². The Balaban J connectivity index is 1.58. The van der Waals surface area contributed by atoms with Crippen LogP contribution in [-0.2, 0) is 5.41 Å². The molecular weight excluding hydrogens is 330 g/mol. The minimum atomic E-state index is 0.127. The fraction of sp³-hybridized carbons (Fsp3) is 0.208. The first-order chi connectivity index (χ1) is 12.8. The molecule has 0 spiro atoms. The largest absolute Gasteiger partial charge is 0.326 e. The average molecular weight is 355 g/mol. The van der Waals surface area contributed by atoms with Gasteiger partial charge >= 0.3 is 0 Å². The first kappa shape index (κ1) is 17.3. The van der Waals surface area contributed by atoms with Crippen molar-refractivity contribution >= 4 is 40.3 Å². The van der Waals surface area contributed by atoms with Gasteiger partial charge in [0.25, 0.3) is 0 Å². The molecule has 1 aliphatic rings. The van der Waals surface area contributed by atoms with Crippen molar-refractivity contribution < 1.29 is 0 Å². The van der Waals surface area contributed by atoms with E-state index in [0.717, 1.165) is 16.9 Å². The van der Waals surface area contributed by atoms with Gasteiger partial charge in [-0.1, -0.05) is 69.3 Å². The quantitative estimate of drug-likeness (QED) is 0.337. The fourth-order valence-corrected chi connectivity index (χ4v) is 3.56. The minimum absolute atomic E-state index is 0.127. The van der Waals surface area contributed by atoms with E-state index >= 15 is 0 Å². The lowest BCUT2D eigenvalue weighted by molar-refractivity contribution is 0.590. The molecule has 0 aliphatic heterocycles. The molecule has 3 aromatic rings. The number of nitrogens with one attached hydrogen (secondary N) is 2. The van der Waals surface area contributed by atoms with E-state index in [0.29, 0.717) is 5.96 Å². The Hall–Kier alpha value is -3.07. The molecule has 0 heterocycles. The molecule has 0 aromatic heterocycles. The van der Waals surface area contributed by atoms with Crippen LogP contribution in [0, 0.1) is 5.41 Å². The summed E-state index contributed by atoms with van der Waals surface area (Å²) in [5, 5.41) is 14.3. The van der Waals surface area contributed by atoms with Gasteiger partial charge in [-0.3, -0.25) is 5.41 Å². The maximum absolute atomic E-state index is 8.53. The van der Waals surface area contributed by atoms with Crippen LogP contribution in [0.25, 0.3) is 22.9 Å². The number of hydrogen-bond acceptors (Lipinski definition) is 1. The Kier molecular flexibility index (Phi) is 4.03. The number of benzene rings is 3. The van der Waals surface area contributed by atoms with Crippen molar-refractivity contribution in [2.45, 2.75) is 26.2 Å². The molecule has 3 nitrogen and oxygen atoms in total. The van der Waals surface area contributed by atoms with Crippen LogP contribution in [0.4, 0.5) is 11.4 Å². The number of hydrogen-bond donors (Lipinski definition) is 2. The first-order valence-electron chi connectivity index (χ1n) is 9.28. The lowest BCUT2D eigenvalue weighted by atomic mass is 9.87. The topological polar surface area (TPSA) is 39.1 Å². The monoisotopic (exact) mass is 355 g/mol. The Morgan fingerprint density at radius 1 is 0.926 bits per heavy atom. The van der Waals surface area contributed by atoms with Crippen LogP contribution in [0.3, 0.4) is 0 Å². The molecule has 4 rings (SSSR count). The molecule has 0 unspecified atom stereocenters. The Morgan fingerprint density at radius 2 is 1.67 bits per heavy atom. The van der Waals surface area contributed by atoms with Crippen LogP contribution in [0.2, 0.25) is 0 Å². The van der Waals surface area contributed by atoms with E-state index in [9.17, 15) is 0 Å². The summed E-state index contributed by atoms with van der Waals surface area (Å²) in [7, 11) is 1.92. The molecule has 0 saturated heterocycles. The highest BCUT2D eigenvalue weighted by molar-refractivity contribution is 6.12. The van der Waals surface area contributed by atoms with E-state index in [4.69, 9.17) is 5.41 Å². The smallest absolute Gasteiger partial charge is 0.199 e. The van der Waals surface area contributed by atoms with Crippen molar-refractivity contribution in [3.8, 4) is 0 Å². The lowest BCUT2D eigenvalue weighted by Gasteiger charge is -2.24. The summed E-state index contributed by atoms with van der Waals surface area (Å²) in [5.41, 5.74) is 5.77. The highest BCUT2D eigenvalue weighted by Gasteiger charge is 2.17. The van der Waals surface area contributed by atoms with E-state index in [1.165, 1.54) is 21.9 Å². The van der Waals surface area contributed by atoms with E-state index in [1.54, 1.807) is 0 Å². The molecule has 2 N–H and O–H groups in total. The highest BCUT2D eigenvalue weighted by Crippen LogP contribution is 2.36. The molecule has 0 fully saturated rings. The predicted molar refractivity (Wildman–Crippen MR) is 118 cm³/mol. The molecule has 3 aromatic carbocycles. The molecule has 0 radical (unpaired) electrons. The van der Waals surface area contributed by atoms with Crippen LogP contribution in [-0.4, -0.2) is 13.0 Å². The molecule has 1 aliphatic carbocycles. The van der Waals surface area contributed by atoms with Gasteiger partial charge in [0.2, 0.25) is 0 Å². The van der Waals surface area contributed by atoms with Gasteiger partial charge in [0.1, 0.15) is 0 Å². The summed E-state index contributed by atoms with van der Waals surface area (Å²) < 4.78 is 0. The average Bonchev–Trinajstić information content (AvgIpc) is 3.09. The Labute approximate surface area is 160 Å². The number of guanidine groups is 1. The summed E-state index contributed by atoms with van der Waals surface area (Å²) in [6.07, 6.45) is 4.27. The molecule has 3 heteroatoms. The van der Waals surface area contributed by atoms with E-state index in [1.807, 2.05) is 11.9 Å². The van der Waals surface area contributed by atoms with Crippen molar-refractivity contribution in [1.29, 1.82) is 5.41 Å². The van der Waals surface area contributed by atoms with Crippen LogP contribution in [0.15, 0.2) is 54.6 Å². The second kappa shape index (κ2) is 6.27. The van der Waals surface area contributed by atoms with E-state index in [-0.39, 0.29) is 5.41 Å². The standard InChI is InChI=1S/C24H25N3/c1-24(2,3)18-10-12-19(13-11-18)27(4)23(25)26-21-15-9-17-7-5-6-16-8-14-20(21)22(16)17/h5-15H,1-4H3,(H2,25,26). The predicted octanol–water partition coefficient (Wildman–Crippen LogP) is 6.10. The van der Waals surface area contributed by atoms with Gasteiger partial charge in [0, 0.05) is 24.0 Å². The van der Waals surface area contributed by atoms with Gasteiger partial charge in [-0.2, -0.15) is 0 Å². The van der Waals surface area contributed by atoms with Crippen molar-refractivity contribution in [1.82, 2.24) is 0 Å². The molecule has 0 atom stereocenters. The molecule has 136 valence electrons. The third kappa shape index (κ3) is 3.10. The molecular formula is C24H25N3. The third-order valence-corrected chi connectivity index (χ3v) is 5.26. The van der Waals surface area contributed by atoms with Crippen LogP contribution in [0.5, 0.6) is 0 Å². The molecule has 0 bridgehead atoms. The van der Waals surface area contributed by atoms with Crippen LogP contribution >= 0.6 is 0 Å². The van der Waals surface area contributed by atoms with Crippen molar-refractivity contribution in [3.63, 3.8) is 0 Å². The maximum atomic E-state index is 8.53. The van der Waals surface area contributed by atoms with Crippen LogP contribution in [0.1, 0.15) is 37.5 Å². The second-order valence-electron chi connectivity index (χ2n) is 8.13. The number of nitrogens with zero attached hydrogens (tertiary/aromatic N) is 1. The Bertz CT molecular complexity index is 1050. The Morgan fingerprint density at radius 3 is 2.37 bits per heavy atom. The van der Waals surface area contributed by atoms with E-state index in [2.05, 4.69) is 92.8 Å². The zero-order chi connectivity index (χ0) is 19.2. The minimum Gasteiger partial charge on any atom is -0.326 e. The summed E-state index contributed by atoms with van der Waals surface area (Å²) in [5.74, 6) is 0.354.